The highest BCUT2D eigenvalue weighted by atomic mass is 35.5. The Kier molecular flexibility index (Phi) is 3.50. The summed E-state index contributed by atoms with van der Waals surface area (Å²) in [6.45, 7) is 0. The SMILES string of the molecule is Cl[13c]1[13cH][13c]2o[13c]3[13cH][13c](Cl)[13c](Cl)[13c](Cl)[13c]3[13c]2[13c](Cl)[13c]1Cl. The summed E-state index contributed by atoms with van der Waals surface area (Å²) >= 11 is 36.4. The van der Waals surface area contributed by atoms with Gasteiger partial charge in [-0.1, -0.05) is 69.6 Å². The van der Waals surface area contributed by atoms with E-state index in [1.165, 1.54) is 0 Å². The van der Waals surface area contributed by atoms with E-state index in [4.69, 9.17) is 74.0 Å². The van der Waals surface area contributed by atoms with Crippen LogP contribution in [0.25, 0.3) is 21.9 Å². The van der Waals surface area contributed by atoms with Gasteiger partial charge in [-0.2, -0.15) is 0 Å². The summed E-state index contributed by atoms with van der Waals surface area (Å²) < 4.78 is 5.63. The summed E-state index contributed by atoms with van der Waals surface area (Å²) in [5, 5.41) is 2.73. The van der Waals surface area contributed by atoms with Gasteiger partial charge in [-0.15, -0.1) is 0 Å². The number of furan rings is 1. The maximum absolute atomic E-state index is 6.20. The van der Waals surface area contributed by atoms with Gasteiger partial charge in [-0.3, -0.25) is 0 Å². The molecule has 3 rings (SSSR count). The van der Waals surface area contributed by atoms with E-state index in [9.17, 15) is 0 Å². The molecule has 1 aromatic heterocycles. The second-order valence-electron chi connectivity index (χ2n) is 3.82. The molecule has 0 aliphatic carbocycles. The topological polar surface area (TPSA) is 13.1 Å². The van der Waals surface area contributed by atoms with Crippen LogP contribution < -0.4 is 0 Å². The van der Waals surface area contributed by atoms with Crippen LogP contribution in [0.2, 0.25) is 30.1 Å². The quantitative estimate of drug-likeness (QED) is 0.364. The molecule has 0 aliphatic heterocycles. The van der Waals surface area contributed by atoms with Crippen molar-refractivity contribution in [2.45, 2.75) is 0 Å². The van der Waals surface area contributed by atoms with Gasteiger partial charge in [0, 0.05) is 22.9 Å². The van der Waals surface area contributed by atoms with Crippen molar-refractivity contribution in [1.82, 2.24) is 0 Å². The highest BCUT2D eigenvalue weighted by Crippen LogP contribution is 2.46. The van der Waals surface area contributed by atoms with E-state index in [1.807, 2.05) is 0 Å². The van der Waals surface area contributed by atoms with Crippen LogP contribution in [0.3, 0.4) is 0 Å². The molecule has 98 valence electrons. The molecule has 0 saturated carbocycles. The van der Waals surface area contributed by atoms with E-state index in [2.05, 4.69) is 0 Å². The molecule has 0 bridgehead atoms. The maximum atomic E-state index is 6.20. The Morgan fingerprint density at radius 1 is 0.579 bits per heavy atom. The van der Waals surface area contributed by atoms with Crippen LogP contribution in [-0.2, 0) is 0 Å². The molecule has 0 amide bonds. The Labute approximate surface area is 137 Å². The molecule has 0 N–H and O–H groups in total. The van der Waals surface area contributed by atoms with E-state index < -0.39 is 0 Å². The average molecular weight is 387 g/mol. The lowest BCUT2D eigenvalue weighted by Gasteiger charge is -2.02. The lowest BCUT2D eigenvalue weighted by atomic mass is 11.1. The van der Waals surface area contributed by atoms with E-state index in [1.54, 1.807) is 12.1 Å². The zero-order chi connectivity index (χ0) is 13.9. The predicted molar refractivity (Wildman–Crippen MR) is 83.8 cm³/mol. The fourth-order valence-electron chi connectivity index (χ4n) is 1.89. The van der Waals surface area contributed by atoms with E-state index in [-0.39, 0.29) is 20.1 Å². The van der Waals surface area contributed by atoms with Crippen LogP contribution in [0.1, 0.15) is 0 Å². The summed E-state index contributed by atoms with van der Waals surface area (Å²) in [5.74, 6) is 0. The third kappa shape index (κ3) is 1.99. The van der Waals surface area contributed by atoms with Crippen LogP contribution in [0, 0.1) is 0 Å². The van der Waals surface area contributed by atoms with Gasteiger partial charge in [-0.25, -0.2) is 0 Å². The number of fused-ring (bicyclic) bond motifs is 3. The Bertz CT molecular complexity index is 767. The molecule has 0 atom stereocenters. The van der Waals surface area contributed by atoms with Crippen molar-refractivity contribution in [2.24, 2.45) is 0 Å². The largest absolute Gasteiger partial charge is 0.456 e. The van der Waals surface area contributed by atoms with Gasteiger partial charge in [0.25, 0.3) is 0 Å². The molecule has 1 nitrogen and oxygen atoms in total. The predicted octanol–water partition coefficient (Wildman–Crippen LogP) is 7.51. The van der Waals surface area contributed by atoms with Gasteiger partial charge < -0.3 is 4.42 Å². The Morgan fingerprint density at radius 3 is 1.32 bits per heavy atom. The monoisotopic (exact) mass is 384 g/mol. The third-order valence-corrected chi connectivity index (χ3v) is 5.25. The number of rotatable bonds is 0. The molecule has 0 saturated heterocycles. The minimum absolute atomic E-state index is 0.237. The second kappa shape index (κ2) is 4.77. The fraction of sp³-hybridized carbons (Fsp3) is 0. The molecule has 1 heterocycles. The fourth-order valence-corrected chi connectivity index (χ4v) is 3.25. The van der Waals surface area contributed by atoms with Crippen LogP contribution in [0.15, 0.2) is 16.5 Å². The van der Waals surface area contributed by atoms with Crippen molar-refractivity contribution < 1.29 is 4.42 Å². The normalized spacial score (nSPS) is 11.7. The minimum atomic E-state index is 0.237. The van der Waals surface area contributed by atoms with Crippen LogP contribution >= 0.6 is 69.6 Å². The summed E-state index contributed by atoms with van der Waals surface area (Å²) in [7, 11) is 0. The van der Waals surface area contributed by atoms with Crippen molar-refractivity contribution in [3.8, 4) is 0 Å². The highest BCUT2D eigenvalue weighted by Gasteiger charge is 2.20. The molecule has 3 aromatic rings. The number of hydrogen-bond acceptors (Lipinski definition) is 1. The standard InChI is InChI=1S/C12H2Cl6O/c13-3-1-5-7(11(17)9(3)15)8-6(19-5)2-4(14)10(16)12(8)18/h1-2H/i1+1,2+1,3+1,4+1,5+1,6+1,7+1,8+1,9+1,10+1,11+1,12+1. The Hall–Kier alpha value is -0.0200. The zero-order valence-corrected chi connectivity index (χ0v) is 13.4. The first-order valence-electron chi connectivity index (χ1n) is 4.95. The van der Waals surface area contributed by atoms with E-state index >= 15 is 0 Å². The van der Waals surface area contributed by atoms with E-state index in [0.717, 1.165) is 0 Å². The molecule has 0 radical (unpaired) electrons. The van der Waals surface area contributed by atoms with E-state index in [0.29, 0.717) is 32.0 Å². The average Bonchev–Trinajstić information content (AvgIpc) is 2.71. The molecule has 0 unspecified atom stereocenters. The summed E-state index contributed by atoms with van der Waals surface area (Å²) in [5.41, 5.74) is 0.935. The summed E-state index contributed by atoms with van der Waals surface area (Å²) in [4.78, 5) is 0. The first-order chi connectivity index (χ1) is 8.91. The molecular formula is C12H2Cl6O. The first-order valence-corrected chi connectivity index (χ1v) is 7.21. The number of halogens is 6. The second-order valence-corrected chi connectivity index (χ2v) is 6.15. The van der Waals surface area contributed by atoms with Crippen LogP contribution in [0.4, 0.5) is 0 Å². The van der Waals surface area contributed by atoms with Crippen molar-refractivity contribution in [1.29, 1.82) is 0 Å². The molecule has 2 aromatic carbocycles. The third-order valence-electron chi connectivity index (χ3n) is 2.72. The first kappa shape index (κ1) is 13.9. The zero-order valence-electron chi connectivity index (χ0n) is 8.83. The van der Waals surface area contributed by atoms with Crippen LogP contribution in [0.5, 0.6) is 0 Å². The van der Waals surface area contributed by atoms with Gasteiger partial charge in [-0.05, 0) is 0 Å². The smallest absolute Gasteiger partial charge is 0.138 e. The summed E-state index contributed by atoms with van der Waals surface area (Å²) in [6, 6.07) is 3.15. The molecule has 0 fully saturated rings. The molecule has 0 spiro atoms. The highest BCUT2D eigenvalue weighted by molar-refractivity contribution is 6.54. The molecular weight excluding hydrogens is 385 g/mol. The summed E-state index contributed by atoms with van der Waals surface area (Å²) in [6.07, 6.45) is 0. The molecule has 0 aliphatic rings. The van der Waals surface area contributed by atoms with Gasteiger partial charge in [0.2, 0.25) is 0 Å². The number of benzene rings is 2. The maximum Gasteiger partial charge on any atom is 0.138 e. The van der Waals surface area contributed by atoms with Crippen molar-refractivity contribution in [2.75, 3.05) is 0 Å². The van der Waals surface area contributed by atoms with Crippen molar-refractivity contribution >= 4 is 91.5 Å². The van der Waals surface area contributed by atoms with Crippen molar-refractivity contribution in [3.05, 3.63) is 42.3 Å². The van der Waals surface area contributed by atoms with Crippen LogP contribution in [-0.4, -0.2) is 0 Å². The Balaban J connectivity index is 2.64. The van der Waals surface area contributed by atoms with Gasteiger partial charge in [0.1, 0.15) is 11.2 Å². The van der Waals surface area contributed by atoms with Gasteiger partial charge in [0.05, 0.1) is 30.1 Å². The molecule has 7 heteroatoms. The van der Waals surface area contributed by atoms with Gasteiger partial charge in [0.15, 0.2) is 0 Å². The minimum Gasteiger partial charge on any atom is -0.456 e. The van der Waals surface area contributed by atoms with Crippen molar-refractivity contribution in [3.63, 3.8) is 0 Å². The molecule has 19 heavy (non-hydrogen) atoms. The van der Waals surface area contributed by atoms with Gasteiger partial charge >= 0.3 is 0 Å². The lowest BCUT2D eigenvalue weighted by molar-refractivity contribution is 0.669. The lowest BCUT2D eigenvalue weighted by Crippen LogP contribution is -1.77. The number of hydrogen-bond donors (Lipinski definition) is 0. The Morgan fingerprint density at radius 2 is 0.947 bits per heavy atom.